The zero-order valence-electron chi connectivity index (χ0n) is 12.7. The summed E-state index contributed by atoms with van der Waals surface area (Å²) in [5.41, 5.74) is 1.000. The first-order valence-corrected chi connectivity index (χ1v) is 11.0. The summed E-state index contributed by atoms with van der Waals surface area (Å²) in [5, 5.41) is 0. The molecule has 0 heterocycles. The van der Waals surface area contributed by atoms with Gasteiger partial charge in [0.25, 0.3) is 0 Å². The van der Waals surface area contributed by atoms with Gasteiger partial charge in [0, 0.05) is 0 Å². The van der Waals surface area contributed by atoms with Crippen LogP contribution in [0.1, 0.15) is 11.1 Å². The normalized spacial score (nSPS) is 11.2. The minimum Gasteiger partial charge on any atom is -0.222 e. The molecule has 0 saturated heterocycles. The first-order valence-electron chi connectivity index (χ1n) is 6.67. The fourth-order valence-electron chi connectivity index (χ4n) is 1.90. The average molecular weight is 401 g/mol. The van der Waals surface area contributed by atoms with Crippen LogP contribution < -0.4 is 0 Å². The molecular weight excluding hydrogens is 384 g/mol. The van der Waals surface area contributed by atoms with E-state index in [2.05, 4.69) is 18.1 Å². The van der Waals surface area contributed by atoms with E-state index in [0.717, 1.165) is 0 Å². The van der Waals surface area contributed by atoms with Crippen molar-refractivity contribution in [2.75, 3.05) is 0 Å². The maximum atomic E-state index is 12.2. The summed E-state index contributed by atoms with van der Waals surface area (Å²) in [7, 11) is -8.10. The molecule has 4 nitrogen and oxygen atoms in total. The number of sulfone groups is 2. The molecule has 0 aliphatic carbocycles. The number of benzene rings is 2. The van der Waals surface area contributed by atoms with Gasteiger partial charge in [0.1, 0.15) is 0 Å². The van der Waals surface area contributed by atoms with E-state index in [-0.39, 0.29) is 0 Å². The molecular formula is C16H16O4S4. The molecule has 2 rings (SSSR count). The van der Waals surface area contributed by atoms with Crippen molar-refractivity contribution in [3.8, 4) is 0 Å². The molecule has 0 fully saturated rings. The van der Waals surface area contributed by atoms with Crippen LogP contribution in [-0.4, -0.2) is 26.2 Å². The molecule has 0 spiro atoms. The predicted octanol–water partition coefficient (Wildman–Crippen LogP) is 3.12. The molecule has 128 valence electrons. The van der Waals surface area contributed by atoms with Crippen molar-refractivity contribution in [3.05, 3.63) is 71.8 Å². The number of rotatable bonds is 4. The summed E-state index contributed by atoms with van der Waals surface area (Å²) in [4.78, 5) is 0. The first kappa shape index (κ1) is 20.6. The largest absolute Gasteiger partial charge is 0.222 e. The second-order valence-corrected chi connectivity index (χ2v) is 9.78. The van der Waals surface area contributed by atoms with Gasteiger partial charge in [0.05, 0.1) is 11.5 Å². The molecule has 0 aromatic heterocycles. The second kappa shape index (κ2) is 9.12. The highest BCUT2D eigenvalue weighted by atomic mass is 32.3. The zero-order valence-corrected chi connectivity index (χ0v) is 15.9. The maximum Gasteiger partial charge on any atom is 0.222 e. The molecule has 0 bridgehead atoms. The van der Waals surface area contributed by atoms with E-state index in [1.165, 1.54) is 0 Å². The van der Waals surface area contributed by atoms with Crippen molar-refractivity contribution in [2.45, 2.75) is 11.5 Å². The number of hydrogen-bond donors (Lipinski definition) is 0. The van der Waals surface area contributed by atoms with E-state index in [0.29, 0.717) is 11.1 Å². The molecule has 0 radical (unpaired) electrons. The van der Waals surface area contributed by atoms with Crippen LogP contribution in [-0.2, 0) is 31.2 Å². The number of hydrogen-bond acceptors (Lipinski definition) is 6. The molecule has 0 unspecified atom stereocenters. The third kappa shape index (κ3) is 5.86. The molecule has 24 heavy (non-hydrogen) atoms. The molecule has 0 aliphatic rings. The van der Waals surface area contributed by atoms with Crippen LogP contribution in [0.4, 0.5) is 0 Å². The Hall–Kier alpha value is -1.48. The fourth-order valence-corrected chi connectivity index (χ4v) is 5.65. The lowest BCUT2D eigenvalue weighted by Crippen LogP contribution is -2.25. The van der Waals surface area contributed by atoms with Gasteiger partial charge in [-0.2, -0.15) is 0 Å². The van der Waals surface area contributed by atoms with E-state index in [1.54, 1.807) is 60.7 Å². The predicted molar refractivity (Wildman–Crippen MR) is 105 cm³/mol. The van der Waals surface area contributed by atoms with Gasteiger partial charge >= 0.3 is 0 Å². The Morgan fingerprint density at radius 1 is 0.708 bits per heavy atom. The Labute approximate surface area is 153 Å². The Kier molecular flexibility index (Phi) is 7.82. The van der Waals surface area contributed by atoms with Crippen molar-refractivity contribution in [1.82, 2.24) is 0 Å². The second-order valence-electron chi connectivity index (χ2n) is 4.74. The molecule has 0 aliphatic heterocycles. The SMILES string of the molecule is C=S.O=S(=O)(Cc1ccccc1)C(=S)S(=O)(=O)Cc1ccccc1. The Morgan fingerprint density at radius 3 is 1.29 bits per heavy atom. The quantitative estimate of drug-likeness (QED) is 0.735. The van der Waals surface area contributed by atoms with Crippen LogP contribution in [0.2, 0.25) is 0 Å². The summed E-state index contributed by atoms with van der Waals surface area (Å²) >= 11 is 8.58. The smallest absolute Gasteiger partial charge is 0.222 e. The first-order chi connectivity index (χ1) is 11.3. The molecule has 2 aromatic carbocycles. The van der Waals surface area contributed by atoms with Crippen LogP contribution in [0.15, 0.2) is 60.7 Å². The Morgan fingerprint density at radius 2 is 1.00 bits per heavy atom. The summed E-state index contributed by atoms with van der Waals surface area (Å²) in [6.45, 7) is 0. The van der Waals surface area contributed by atoms with Crippen molar-refractivity contribution in [3.63, 3.8) is 0 Å². The van der Waals surface area contributed by atoms with Gasteiger partial charge in [-0.1, -0.05) is 85.1 Å². The van der Waals surface area contributed by atoms with Crippen molar-refractivity contribution in [1.29, 1.82) is 0 Å². The van der Waals surface area contributed by atoms with Gasteiger partial charge in [-0.15, -0.1) is 0 Å². The molecule has 0 atom stereocenters. The highest BCUT2D eigenvalue weighted by Crippen LogP contribution is 2.15. The van der Waals surface area contributed by atoms with Crippen LogP contribution in [0, 0.1) is 0 Å². The lowest BCUT2D eigenvalue weighted by Gasteiger charge is -2.08. The molecule has 0 N–H and O–H groups in total. The number of thiocarbonyl (C=S) groups is 2. The standard InChI is InChI=1S/C15H14O4S3.CH2S/c16-21(17,11-13-7-3-1-4-8-13)15(20)22(18,19)12-14-9-5-2-6-10-14;1-2/h1-10H,11-12H2;1H2. The van der Waals surface area contributed by atoms with Gasteiger partial charge < -0.3 is 0 Å². The summed E-state index contributed by atoms with van der Waals surface area (Å²) in [6, 6.07) is 16.7. The van der Waals surface area contributed by atoms with Gasteiger partial charge in [0.15, 0.2) is 0 Å². The van der Waals surface area contributed by atoms with E-state index < -0.39 is 34.7 Å². The third-order valence-electron chi connectivity index (χ3n) is 2.91. The minimum absolute atomic E-state index is 0.416. The maximum absolute atomic E-state index is 12.2. The van der Waals surface area contributed by atoms with E-state index in [9.17, 15) is 16.8 Å². The topological polar surface area (TPSA) is 68.3 Å². The van der Waals surface area contributed by atoms with E-state index in [1.807, 2.05) is 0 Å². The average Bonchev–Trinajstić information content (AvgIpc) is 2.57. The van der Waals surface area contributed by atoms with Crippen molar-refractivity contribution >= 4 is 53.5 Å². The minimum atomic E-state index is -4.05. The van der Waals surface area contributed by atoms with Crippen molar-refractivity contribution < 1.29 is 16.8 Å². The lowest BCUT2D eigenvalue weighted by molar-refractivity contribution is 0.603. The molecule has 0 saturated carbocycles. The lowest BCUT2D eigenvalue weighted by atomic mass is 10.2. The highest BCUT2D eigenvalue weighted by Gasteiger charge is 2.30. The van der Waals surface area contributed by atoms with Crippen LogP contribution >= 0.6 is 24.4 Å². The molecule has 8 heteroatoms. The molecule has 0 amide bonds. The Balaban J connectivity index is 0.00000139. The Bertz CT molecular complexity index is 801. The summed E-state index contributed by atoms with van der Waals surface area (Å²) < 4.78 is 48.0. The summed E-state index contributed by atoms with van der Waals surface area (Å²) in [5.74, 6) is 2.00. The summed E-state index contributed by atoms with van der Waals surface area (Å²) in [6.07, 6.45) is 0. The monoisotopic (exact) mass is 400 g/mol. The zero-order chi connectivity index (χ0) is 18.2. The van der Waals surface area contributed by atoms with Gasteiger partial charge in [-0.05, 0) is 17.0 Å². The fraction of sp³-hybridized carbons (Fsp3) is 0.125. The third-order valence-corrected chi connectivity index (χ3v) is 8.40. The highest BCUT2D eigenvalue weighted by molar-refractivity contribution is 8.40. The van der Waals surface area contributed by atoms with E-state index in [4.69, 9.17) is 12.2 Å². The van der Waals surface area contributed by atoms with Crippen LogP contribution in [0.25, 0.3) is 0 Å². The van der Waals surface area contributed by atoms with Gasteiger partial charge in [0.2, 0.25) is 23.2 Å². The van der Waals surface area contributed by atoms with Crippen LogP contribution in [0.3, 0.4) is 0 Å². The molecule has 2 aromatic rings. The van der Waals surface area contributed by atoms with Crippen LogP contribution in [0.5, 0.6) is 0 Å². The van der Waals surface area contributed by atoms with Gasteiger partial charge in [-0.3, -0.25) is 0 Å². The van der Waals surface area contributed by atoms with Crippen molar-refractivity contribution in [2.24, 2.45) is 0 Å². The van der Waals surface area contributed by atoms with Gasteiger partial charge in [-0.25, -0.2) is 16.8 Å². The van der Waals surface area contributed by atoms with E-state index >= 15 is 0 Å².